The molecule has 0 spiro atoms. The van der Waals surface area contributed by atoms with Crippen LogP contribution in [0.15, 0.2) is 30.5 Å². The van der Waals surface area contributed by atoms with Crippen LogP contribution in [0.3, 0.4) is 0 Å². The van der Waals surface area contributed by atoms with Gasteiger partial charge >= 0.3 is 0 Å². The van der Waals surface area contributed by atoms with E-state index in [2.05, 4.69) is 40.4 Å². The molecule has 0 radical (unpaired) electrons. The molecule has 0 saturated heterocycles. The predicted octanol–water partition coefficient (Wildman–Crippen LogP) is 2.42. The lowest BCUT2D eigenvalue weighted by Crippen LogP contribution is -2.23. The highest BCUT2D eigenvalue weighted by molar-refractivity contribution is 5.42. The second-order valence-corrected chi connectivity index (χ2v) is 4.99. The van der Waals surface area contributed by atoms with Gasteiger partial charge in [0, 0.05) is 12.6 Å². The molecule has 0 bridgehead atoms. The first kappa shape index (κ1) is 13.1. The molecular formula is C16H19N3O. The van der Waals surface area contributed by atoms with Crippen LogP contribution in [-0.2, 0) is 6.42 Å². The molecule has 1 atom stereocenters. The highest BCUT2D eigenvalue weighted by Crippen LogP contribution is 2.30. The fourth-order valence-electron chi connectivity index (χ4n) is 2.62. The number of fused-ring (bicyclic) bond motifs is 1. The Kier molecular flexibility index (Phi) is 3.65. The first-order chi connectivity index (χ1) is 9.78. The van der Waals surface area contributed by atoms with Crippen LogP contribution in [0.2, 0.25) is 0 Å². The average Bonchev–Trinajstić information content (AvgIpc) is 2.92. The Morgan fingerprint density at radius 2 is 2.25 bits per heavy atom. The summed E-state index contributed by atoms with van der Waals surface area (Å²) in [5.41, 5.74) is 3.53. The van der Waals surface area contributed by atoms with Gasteiger partial charge in [-0.05, 0) is 36.7 Å². The number of nitrogens with one attached hydrogen (secondary N) is 1. The molecule has 3 rings (SSSR count). The monoisotopic (exact) mass is 269 g/mol. The second kappa shape index (κ2) is 5.59. The van der Waals surface area contributed by atoms with E-state index in [4.69, 9.17) is 4.74 Å². The highest BCUT2D eigenvalue weighted by atomic mass is 16.5. The topological polar surface area (TPSA) is 47.0 Å². The van der Waals surface area contributed by atoms with Gasteiger partial charge in [0.05, 0.1) is 18.3 Å². The highest BCUT2D eigenvalue weighted by Gasteiger charge is 2.18. The Hall–Kier alpha value is -1.94. The Morgan fingerprint density at radius 3 is 3.05 bits per heavy atom. The summed E-state index contributed by atoms with van der Waals surface area (Å²) in [5, 5.41) is 3.50. The van der Waals surface area contributed by atoms with Crippen molar-refractivity contribution in [3.8, 4) is 5.75 Å². The molecular weight excluding hydrogens is 250 g/mol. The van der Waals surface area contributed by atoms with Gasteiger partial charge in [0.15, 0.2) is 0 Å². The van der Waals surface area contributed by atoms with E-state index in [1.807, 2.05) is 19.2 Å². The number of rotatable bonds is 4. The van der Waals surface area contributed by atoms with Crippen molar-refractivity contribution < 1.29 is 4.74 Å². The predicted molar refractivity (Wildman–Crippen MR) is 77.9 cm³/mol. The molecule has 0 aliphatic carbocycles. The molecule has 1 aromatic carbocycles. The number of nitrogens with zero attached hydrogens (tertiary/aromatic N) is 2. The van der Waals surface area contributed by atoms with E-state index in [1.54, 1.807) is 0 Å². The van der Waals surface area contributed by atoms with Gasteiger partial charge in [0.2, 0.25) is 0 Å². The Morgan fingerprint density at radius 1 is 1.35 bits per heavy atom. The first-order valence-electron chi connectivity index (χ1n) is 7.06. The van der Waals surface area contributed by atoms with Crippen LogP contribution in [0.25, 0.3) is 0 Å². The molecule has 1 N–H and O–H groups in total. The molecule has 0 fully saturated rings. The number of benzene rings is 1. The lowest BCUT2D eigenvalue weighted by atomic mass is 10.00. The number of aromatic nitrogens is 2. The van der Waals surface area contributed by atoms with Crippen LogP contribution < -0.4 is 10.1 Å². The number of ether oxygens (including phenoxy) is 1. The van der Waals surface area contributed by atoms with Gasteiger partial charge in [-0.2, -0.15) is 0 Å². The summed E-state index contributed by atoms with van der Waals surface area (Å²) in [5.74, 6) is 1.82. The zero-order chi connectivity index (χ0) is 13.9. The van der Waals surface area contributed by atoms with Crippen molar-refractivity contribution >= 4 is 0 Å². The normalized spacial score (nSPS) is 14.7. The fraction of sp³-hybridized carbons (Fsp3) is 0.375. The summed E-state index contributed by atoms with van der Waals surface area (Å²) in [4.78, 5) is 8.73. The number of hydrogen-bond acceptors (Lipinski definition) is 4. The van der Waals surface area contributed by atoms with Crippen LogP contribution in [0.1, 0.15) is 35.6 Å². The van der Waals surface area contributed by atoms with E-state index in [-0.39, 0.29) is 6.04 Å². The minimum Gasteiger partial charge on any atom is -0.493 e. The van der Waals surface area contributed by atoms with Gasteiger partial charge in [-0.1, -0.05) is 19.1 Å². The summed E-state index contributed by atoms with van der Waals surface area (Å²) >= 11 is 0. The Balaban J connectivity index is 1.98. The van der Waals surface area contributed by atoms with Gasteiger partial charge in [-0.15, -0.1) is 0 Å². The Labute approximate surface area is 119 Å². The molecule has 0 amide bonds. The fourth-order valence-corrected chi connectivity index (χ4v) is 2.62. The molecule has 0 saturated carbocycles. The molecule has 4 heteroatoms. The summed E-state index contributed by atoms with van der Waals surface area (Å²) in [6.45, 7) is 5.71. The smallest absolute Gasteiger partial charge is 0.125 e. The largest absolute Gasteiger partial charge is 0.493 e. The third-order valence-corrected chi connectivity index (χ3v) is 3.55. The van der Waals surface area contributed by atoms with Crippen LogP contribution >= 0.6 is 0 Å². The minimum atomic E-state index is 0.104. The molecule has 20 heavy (non-hydrogen) atoms. The van der Waals surface area contributed by atoms with Crippen LogP contribution in [0.5, 0.6) is 5.75 Å². The molecule has 1 aliphatic rings. The maximum atomic E-state index is 5.57. The number of hydrogen-bond donors (Lipinski definition) is 1. The zero-order valence-corrected chi connectivity index (χ0v) is 11.9. The molecule has 104 valence electrons. The summed E-state index contributed by atoms with van der Waals surface area (Å²) in [6, 6.07) is 8.50. The van der Waals surface area contributed by atoms with Gasteiger partial charge < -0.3 is 10.1 Å². The SMILES string of the molecule is CCNC(c1ccc2c(c1)CCO2)c1ccnc(C)n1. The molecule has 1 aliphatic heterocycles. The van der Waals surface area contributed by atoms with Gasteiger partial charge in [-0.25, -0.2) is 9.97 Å². The zero-order valence-electron chi connectivity index (χ0n) is 11.9. The van der Waals surface area contributed by atoms with Crippen molar-refractivity contribution in [3.05, 3.63) is 53.1 Å². The summed E-state index contributed by atoms with van der Waals surface area (Å²) in [6.07, 6.45) is 2.81. The van der Waals surface area contributed by atoms with Crippen molar-refractivity contribution in [1.82, 2.24) is 15.3 Å². The molecule has 2 aromatic rings. The van der Waals surface area contributed by atoms with Crippen molar-refractivity contribution in [1.29, 1.82) is 0 Å². The van der Waals surface area contributed by atoms with E-state index < -0.39 is 0 Å². The molecule has 1 unspecified atom stereocenters. The first-order valence-corrected chi connectivity index (χ1v) is 7.06. The van der Waals surface area contributed by atoms with Crippen molar-refractivity contribution in [2.45, 2.75) is 26.3 Å². The molecule has 1 aromatic heterocycles. The maximum absolute atomic E-state index is 5.57. The quantitative estimate of drug-likeness (QED) is 0.926. The summed E-state index contributed by atoms with van der Waals surface area (Å²) < 4.78 is 5.57. The maximum Gasteiger partial charge on any atom is 0.125 e. The van der Waals surface area contributed by atoms with E-state index in [9.17, 15) is 0 Å². The van der Waals surface area contributed by atoms with Crippen molar-refractivity contribution in [3.63, 3.8) is 0 Å². The van der Waals surface area contributed by atoms with Gasteiger partial charge in [-0.3, -0.25) is 0 Å². The standard InChI is InChI=1S/C16H19N3O/c1-3-17-16(14-6-8-18-11(2)19-14)13-4-5-15-12(10-13)7-9-20-15/h4-6,8,10,16-17H,3,7,9H2,1-2H3. The summed E-state index contributed by atoms with van der Waals surface area (Å²) in [7, 11) is 0. The van der Waals surface area contributed by atoms with Gasteiger partial charge in [0.1, 0.15) is 11.6 Å². The van der Waals surface area contributed by atoms with E-state index in [0.717, 1.165) is 36.8 Å². The average molecular weight is 269 g/mol. The lowest BCUT2D eigenvalue weighted by Gasteiger charge is -2.18. The van der Waals surface area contributed by atoms with Crippen LogP contribution in [-0.4, -0.2) is 23.1 Å². The lowest BCUT2D eigenvalue weighted by molar-refractivity contribution is 0.357. The van der Waals surface area contributed by atoms with Crippen LogP contribution in [0.4, 0.5) is 0 Å². The Bertz CT molecular complexity index is 612. The second-order valence-electron chi connectivity index (χ2n) is 4.99. The third-order valence-electron chi connectivity index (χ3n) is 3.55. The van der Waals surface area contributed by atoms with Crippen molar-refractivity contribution in [2.24, 2.45) is 0 Å². The van der Waals surface area contributed by atoms with E-state index in [0.29, 0.717) is 0 Å². The number of aryl methyl sites for hydroxylation is 1. The van der Waals surface area contributed by atoms with Crippen molar-refractivity contribution in [2.75, 3.05) is 13.2 Å². The van der Waals surface area contributed by atoms with Gasteiger partial charge in [0.25, 0.3) is 0 Å². The third kappa shape index (κ3) is 2.51. The van der Waals surface area contributed by atoms with E-state index >= 15 is 0 Å². The van der Waals surface area contributed by atoms with E-state index in [1.165, 1.54) is 11.1 Å². The van der Waals surface area contributed by atoms with Crippen LogP contribution in [0, 0.1) is 6.92 Å². The minimum absolute atomic E-state index is 0.104. The molecule has 4 nitrogen and oxygen atoms in total. The molecule has 2 heterocycles.